The number of rotatable bonds is 8. The van der Waals surface area contributed by atoms with E-state index in [1.807, 2.05) is 6.07 Å². The molecule has 1 heterocycles. The van der Waals surface area contributed by atoms with Crippen LogP contribution in [0.15, 0.2) is 48.0 Å². The third-order valence-electron chi connectivity index (χ3n) is 4.89. The second-order valence-electron chi connectivity index (χ2n) is 7.02. The molecule has 3 rings (SSSR count). The summed E-state index contributed by atoms with van der Waals surface area (Å²) in [6.45, 7) is 1.56. The average molecular weight is 451 g/mol. The summed E-state index contributed by atoms with van der Waals surface area (Å²) in [5, 5.41) is 12.2. The number of para-hydroxylation sites is 2. The zero-order valence-electron chi connectivity index (χ0n) is 18.5. The van der Waals surface area contributed by atoms with Gasteiger partial charge in [-0.15, -0.1) is 0 Å². The number of carbonyl (C=O) groups excluding carboxylic acids is 2. The second kappa shape index (κ2) is 11.5. The topological polar surface area (TPSA) is 110 Å². The maximum Gasteiger partial charge on any atom is 0.264 e. The lowest BCUT2D eigenvalue weighted by molar-refractivity contribution is -0.130. The van der Waals surface area contributed by atoms with Gasteiger partial charge in [0.2, 0.25) is 0 Å². The molecule has 0 spiro atoms. The molecule has 9 nitrogen and oxygen atoms in total. The molecule has 0 bridgehead atoms. The number of nitriles is 1. The van der Waals surface area contributed by atoms with Crippen LogP contribution < -0.4 is 19.5 Å². The largest absolute Gasteiger partial charge is 0.495 e. The third-order valence-corrected chi connectivity index (χ3v) is 4.89. The Balaban J connectivity index is 1.67. The van der Waals surface area contributed by atoms with E-state index in [1.54, 1.807) is 47.4 Å². The van der Waals surface area contributed by atoms with Crippen molar-refractivity contribution in [3.8, 4) is 23.3 Å². The molecule has 0 atom stereocenters. The quantitative estimate of drug-likeness (QED) is 0.485. The number of benzene rings is 2. The van der Waals surface area contributed by atoms with Gasteiger partial charge in [-0.05, 0) is 35.9 Å². The van der Waals surface area contributed by atoms with Crippen LogP contribution in [-0.2, 0) is 14.3 Å². The van der Waals surface area contributed by atoms with Crippen LogP contribution in [0.2, 0.25) is 0 Å². The van der Waals surface area contributed by atoms with Crippen molar-refractivity contribution in [2.45, 2.75) is 0 Å². The van der Waals surface area contributed by atoms with Crippen LogP contribution in [0.4, 0.5) is 5.69 Å². The molecular weight excluding hydrogens is 426 g/mol. The second-order valence-corrected chi connectivity index (χ2v) is 7.02. The minimum absolute atomic E-state index is 0.0174. The Morgan fingerprint density at radius 1 is 1.09 bits per heavy atom. The molecule has 1 aliphatic heterocycles. The molecule has 0 aromatic heterocycles. The van der Waals surface area contributed by atoms with Gasteiger partial charge >= 0.3 is 0 Å². The molecular formula is C24H25N3O6. The number of morpholine rings is 1. The van der Waals surface area contributed by atoms with Gasteiger partial charge in [-0.2, -0.15) is 5.26 Å². The van der Waals surface area contributed by atoms with Gasteiger partial charge in [-0.25, -0.2) is 0 Å². The van der Waals surface area contributed by atoms with Crippen LogP contribution in [0, 0.1) is 11.3 Å². The first kappa shape index (κ1) is 23.6. The summed E-state index contributed by atoms with van der Waals surface area (Å²) in [4.78, 5) is 26.5. The third kappa shape index (κ3) is 6.24. The highest BCUT2D eigenvalue weighted by Gasteiger charge is 2.21. The minimum Gasteiger partial charge on any atom is -0.495 e. The summed E-state index contributed by atoms with van der Waals surface area (Å²) < 4.78 is 21.4. The molecule has 0 saturated carbocycles. The Kier molecular flexibility index (Phi) is 8.27. The maximum absolute atomic E-state index is 12.6. The molecule has 1 N–H and O–H groups in total. The highest BCUT2D eigenvalue weighted by Crippen LogP contribution is 2.29. The van der Waals surface area contributed by atoms with Crippen molar-refractivity contribution in [1.82, 2.24) is 4.90 Å². The Morgan fingerprint density at radius 3 is 2.52 bits per heavy atom. The zero-order chi connectivity index (χ0) is 23.6. The first-order chi connectivity index (χ1) is 16.0. The number of methoxy groups -OCH3 is 2. The number of anilines is 1. The van der Waals surface area contributed by atoms with E-state index in [0.717, 1.165) is 0 Å². The molecule has 2 amide bonds. The first-order valence-electron chi connectivity index (χ1n) is 10.3. The predicted molar refractivity (Wildman–Crippen MR) is 121 cm³/mol. The van der Waals surface area contributed by atoms with Gasteiger partial charge in [-0.1, -0.05) is 18.2 Å². The van der Waals surface area contributed by atoms with Gasteiger partial charge in [0.15, 0.2) is 18.1 Å². The van der Waals surface area contributed by atoms with Crippen LogP contribution in [0.1, 0.15) is 5.56 Å². The number of ether oxygens (including phenoxy) is 4. The Morgan fingerprint density at radius 2 is 1.82 bits per heavy atom. The van der Waals surface area contributed by atoms with Gasteiger partial charge in [0.1, 0.15) is 17.4 Å². The fourth-order valence-corrected chi connectivity index (χ4v) is 3.22. The van der Waals surface area contributed by atoms with Crippen LogP contribution in [0.5, 0.6) is 17.2 Å². The van der Waals surface area contributed by atoms with E-state index in [0.29, 0.717) is 54.8 Å². The molecule has 0 aliphatic carbocycles. The van der Waals surface area contributed by atoms with Crippen molar-refractivity contribution in [3.63, 3.8) is 0 Å². The van der Waals surface area contributed by atoms with Crippen LogP contribution in [0.25, 0.3) is 6.08 Å². The molecule has 1 saturated heterocycles. The number of nitrogens with zero attached hydrogens (tertiary/aromatic N) is 2. The molecule has 0 radical (unpaired) electrons. The van der Waals surface area contributed by atoms with Gasteiger partial charge < -0.3 is 29.2 Å². The standard InChI is InChI=1S/C24H25N3O6/c1-30-20-6-4-3-5-19(20)26-23(28)16-33-21-8-7-17(14-22(21)31-2)13-18(15-25)24(29)27-9-11-32-12-10-27/h3-8,13-14H,9-12,16H2,1-2H3,(H,26,28)/b18-13-. The summed E-state index contributed by atoms with van der Waals surface area (Å²) in [5.41, 5.74) is 1.15. The van der Waals surface area contributed by atoms with Crippen molar-refractivity contribution < 1.29 is 28.5 Å². The van der Waals surface area contributed by atoms with Crippen molar-refractivity contribution in [2.75, 3.05) is 52.4 Å². The number of hydrogen-bond donors (Lipinski definition) is 1. The first-order valence-corrected chi connectivity index (χ1v) is 10.3. The SMILES string of the molecule is COc1ccccc1NC(=O)COc1ccc(/C=C(/C#N)C(=O)N2CCOCC2)cc1OC. The summed E-state index contributed by atoms with van der Waals surface area (Å²) in [6, 6.07) is 14.0. The maximum atomic E-state index is 12.6. The van der Waals surface area contributed by atoms with Gasteiger partial charge in [0.25, 0.3) is 11.8 Å². The van der Waals surface area contributed by atoms with E-state index in [1.165, 1.54) is 20.3 Å². The lowest BCUT2D eigenvalue weighted by Gasteiger charge is -2.26. The zero-order valence-corrected chi connectivity index (χ0v) is 18.5. The lowest BCUT2D eigenvalue weighted by atomic mass is 10.1. The Bertz CT molecular complexity index is 1070. The summed E-state index contributed by atoms with van der Waals surface area (Å²) in [6.07, 6.45) is 1.50. The fraction of sp³-hybridized carbons (Fsp3) is 0.292. The molecule has 172 valence electrons. The summed E-state index contributed by atoms with van der Waals surface area (Å²) >= 11 is 0. The monoisotopic (exact) mass is 451 g/mol. The van der Waals surface area contributed by atoms with E-state index in [-0.39, 0.29) is 24.0 Å². The number of hydrogen-bond acceptors (Lipinski definition) is 7. The van der Waals surface area contributed by atoms with Gasteiger partial charge in [0, 0.05) is 13.1 Å². The van der Waals surface area contributed by atoms with E-state index in [9.17, 15) is 14.9 Å². The van der Waals surface area contributed by atoms with E-state index in [4.69, 9.17) is 18.9 Å². The fourth-order valence-electron chi connectivity index (χ4n) is 3.22. The number of carbonyl (C=O) groups is 2. The number of amides is 2. The van der Waals surface area contributed by atoms with Crippen molar-refractivity contribution in [2.24, 2.45) is 0 Å². The van der Waals surface area contributed by atoms with E-state index < -0.39 is 0 Å². The van der Waals surface area contributed by atoms with Gasteiger partial charge in [-0.3, -0.25) is 9.59 Å². The summed E-state index contributed by atoms with van der Waals surface area (Å²) in [5.74, 6) is 0.550. The van der Waals surface area contributed by atoms with Crippen LogP contribution >= 0.6 is 0 Å². The normalized spacial score (nSPS) is 13.6. The van der Waals surface area contributed by atoms with Crippen LogP contribution in [-0.4, -0.2) is 63.8 Å². The minimum atomic E-state index is -0.367. The molecule has 2 aromatic carbocycles. The Hall–Kier alpha value is -4.03. The van der Waals surface area contributed by atoms with Crippen LogP contribution in [0.3, 0.4) is 0 Å². The number of nitrogens with one attached hydrogen (secondary N) is 1. The average Bonchev–Trinajstić information content (AvgIpc) is 2.86. The van der Waals surface area contributed by atoms with E-state index >= 15 is 0 Å². The molecule has 1 aliphatic rings. The van der Waals surface area contributed by atoms with E-state index in [2.05, 4.69) is 5.32 Å². The van der Waals surface area contributed by atoms with Crippen molar-refractivity contribution >= 4 is 23.6 Å². The molecule has 1 fully saturated rings. The predicted octanol–water partition coefficient (Wildman–Crippen LogP) is 2.49. The van der Waals surface area contributed by atoms with Crippen molar-refractivity contribution in [3.05, 3.63) is 53.6 Å². The molecule has 2 aromatic rings. The smallest absolute Gasteiger partial charge is 0.264 e. The van der Waals surface area contributed by atoms with Gasteiger partial charge in [0.05, 0.1) is 33.1 Å². The Labute approximate surface area is 192 Å². The molecule has 0 unspecified atom stereocenters. The molecule has 33 heavy (non-hydrogen) atoms. The highest BCUT2D eigenvalue weighted by molar-refractivity contribution is 6.01. The summed E-state index contributed by atoms with van der Waals surface area (Å²) in [7, 11) is 2.99. The lowest BCUT2D eigenvalue weighted by Crippen LogP contribution is -2.41. The highest BCUT2D eigenvalue weighted by atomic mass is 16.5. The van der Waals surface area contributed by atoms with Crippen molar-refractivity contribution in [1.29, 1.82) is 5.26 Å². The molecule has 9 heteroatoms.